The van der Waals surface area contributed by atoms with Crippen molar-refractivity contribution in [3.8, 4) is 0 Å². The maximum Gasteiger partial charge on any atom is 0.326 e. The predicted octanol–water partition coefficient (Wildman–Crippen LogP) is 0.687. The maximum atomic E-state index is 11.6. The minimum atomic E-state index is -3.90. The molecule has 1 rings (SSSR count). The molecule has 3 N–H and O–H groups in total. The highest BCUT2D eigenvalue weighted by atomic mass is 32.2. The van der Waals surface area contributed by atoms with Gasteiger partial charge in [0.05, 0.1) is 4.90 Å². The molecule has 0 bridgehead atoms. The van der Waals surface area contributed by atoms with Gasteiger partial charge in [0.1, 0.15) is 0 Å². The summed E-state index contributed by atoms with van der Waals surface area (Å²) in [6.07, 6.45) is 1.38. The second-order valence-corrected chi connectivity index (χ2v) is 4.36. The van der Waals surface area contributed by atoms with Crippen molar-refractivity contribution in [3.63, 3.8) is 0 Å². The summed E-state index contributed by atoms with van der Waals surface area (Å²) in [6.45, 7) is 3.48. The van der Waals surface area contributed by atoms with Gasteiger partial charge in [-0.15, -0.1) is 0 Å². The molecule has 0 aliphatic heterocycles. The molecule has 6 heteroatoms. The zero-order valence-electron chi connectivity index (χ0n) is 7.80. The Bertz CT molecular complexity index is 494. The van der Waals surface area contributed by atoms with Crippen molar-refractivity contribution in [1.29, 1.82) is 0 Å². The second kappa shape index (κ2) is 4.14. The number of nitrogens with one attached hydrogen (secondary N) is 1. The first-order valence-corrected chi connectivity index (χ1v) is 5.49. The van der Waals surface area contributed by atoms with E-state index in [-0.39, 0.29) is 4.90 Å². The summed E-state index contributed by atoms with van der Waals surface area (Å²) in [6, 6.07) is 5.03. The molecule has 1 aromatic carbocycles. The van der Waals surface area contributed by atoms with Crippen molar-refractivity contribution >= 4 is 22.1 Å². The third-order valence-electron chi connectivity index (χ3n) is 1.66. The molecule has 1 aromatic rings. The molecule has 0 saturated carbocycles. The van der Waals surface area contributed by atoms with E-state index in [1.165, 1.54) is 12.1 Å². The SMILES string of the molecule is C=Cc1ccccc1S(=O)(=O)NC(N)=O. The highest BCUT2D eigenvalue weighted by Gasteiger charge is 2.17. The van der Waals surface area contributed by atoms with Crippen LogP contribution < -0.4 is 10.5 Å². The molecule has 0 fully saturated rings. The van der Waals surface area contributed by atoms with Gasteiger partial charge in [-0.2, -0.15) is 0 Å². The molecule has 0 unspecified atom stereocenters. The van der Waals surface area contributed by atoms with Gasteiger partial charge < -0.3 is 5.73 Å². The lowest BCUT2D eigenvalue weighted by molar-refractivity contribution is 0.253. The van der Waals surface area contributed by atoms with Crippen LogP contribution in [-0.2, 0) is 10.0 Å². The average molecular weight is 226 g/mol. The maximum absolute atomic E-state index is 11.6. The first-order valence-electron chi connectivity index (χ1n) is 4.01. The zero-order chi connectivity index (χ0) is 11.5. The Morgan fingerprint density at radius 1 is 1.40 bits per heavy atom. The highest BCUT2D eigenvalue weighted by molar-refractivity contribution is 7.90. The molecule has 0 heterocycles. The minimum Gasteiger partial charge on any atom is -0.351 e. The van der Waals surface area contributed by atoms with Gasteiger partial charge in [0.2, 0.25) is 0 Å². The topological polar surface area (TPSA) is 89.3 Å². The van der Waals surface area contributed by atoms with Gasteiger partial charge in [0.25, 0.3) is 10.0 Å². The molecule has 0 spiro atoms. The smallest absolute Gasteiger partial charge is 0.326 e. The quantitative estimate of drug-likeness (QED) is 0.794. The number of urea groups is 1. The number of hydrogen-bond acceptors (Lipinski definition) is 3. The van der Waals surface area contributed by atoms with Crippen LogP contribution in [0.1, 0.15) is 5.56 Å². The predicted molar refractivity (Wildman–Crippen MR) is 56.4 cm³/mol. The Kier molecular flexibility index (Phi) is 3.11. The van der Waals surface area contributed by atoms with E-state index >= 15 is 0 Å². The molecule has 2 amide bonds. The summed E-state index contributed by atoms with van der Waals surface area (Å²) in [4.78, 5) is 10.5. The van der Waals surface area contributed by atoms with Gasteiger partial charge in [0.15, 0.2) is 0 Å². The summed E-state index contributed by atoms with van der Waals surface area (Å²) < 4.78 is 24.8. The fourth-order valence-corrected chi connectivity index (χ4v) is 2.18. The van der Waals surface area contributed by atoms with E-state index in [0.29, 0.717) is 5.56 Å². The average Bonchev–Trinajstić information content (AvgIpc) is 2.16. The van der Waals surface area contributed by atoms with Crippen LogP contribution in [0.3, 0.4) is 0 Å². The molecule has 15 heavy (non-hydrogen) atoms. The Balaban J connectivity index is 3.26. The van der Waals surface area contributed by atoms with E-state index < -0.39 is 16.1 Å². The lowest BCUT2D eigenvalue weighted by Crippen LogP contribution is -2.35. The van der Waals surface area contributed by atoms with Gasteiger partial charge in [-0.3, -0.25) is 0 Å². The first kappa shape index (κ1) is 11.3. The van der Waals surface area contributed by atoms with Crippen molar-refractivity contribution in [3.05, 3.63) is 36.4 Å². The van der Waals surface area contributed by atoms with Crippen LogP contribution in [0.15, 0.2) is 35.7 Å². The van der Waals surface area contributed by atoms with E-state index in [4.69, 9.17) is 5.73 Å². The standard InChI is InChI=1S/C9H10N2O3S/c1-2-7-5-3-4-6-8(7)15(13,14)11-9(10)12/h2-6H,1H2,(H3,10,11,12). The monoisotopic (exact) mass is 226 g/mol. The van der Waals surface area contributed by atoms with Crippen LogP contribution in [0.2, 0.25) is 0 Å². The molecule has 5 nitrogen and oxygen atoms in total. The molecule has 0 radical (unpaired) electrons. The number of hydrogen-bond donors (Lipinski definition) is 2. The van der Waals surface area contributed by atoms with Crippen molar-refractivity contribution in [2.75, 3.05) is 0 Å². The van der Waals surface area contributed by atoms with Crippen LogP contribution >= 0.6 is 0 Å². The van der Waals surface area contributed by atoms with Crippen LogP contribution in [0, 0.1) is 0 Å². The second-order valence-electron chi connectivity index (χ2n) is 2.71. The van der Waals surface area contributed by atoms with Crippen LogP contribution in [-0.4, -0.2) is 14.4 Å². The van der Waals surface area contributed by atoms with Crippen molar-refractivity contribution < 1.29 is 13.2 Å². The molecule has 0 aliphatic rings. The Morgan fingerprint density at radius 2 is 2.00 bits per heavy atom. The Labute approximate surface area is 87.6 Å². The number of rotatable bonds is 3. The fraction of sp³-hybridized carbons (Fsp3) is 0. The van der Waals surface area contributed by atoms with E-state index in [1.54, 1.807) is 22.9 Å². The summed E-state index contributed by atoms with van der Waals surface area (Å²) in [5.41, 5.74) is 5.16. The lowest BCUT2D eigenvalue weighted by Gasteiger charge is -2.06. The van der Waals surface area contributed by atoms with Crippen molar-refractivity contribution in [1.82, 2.24) is 4.72 Å². The number of benzene rings is 1. The van der Waals surface area contributed by atoms with Crippen LogP contribution in [0.25, 0.3) is 6.08 Å². The molecule has 0 saturated heterocycles. The summed E-state index contributed by atoms with van der Waals surface area (Å²) in [5.74, 6) is 0. The van der Waals surface area contributed by atoms with Gasteiger partial charge in [-0.05, 0) is 11.6 Å². The summed E-state index contributed by atoms with van der Waals surface area (Å²) in [7, 11) is -3.90. The van der Waals surface area contributed by atoms with Gasteiger partial charge >= 0.3 is 6.03 Å². The van der Waals surface area contributed by atoms with Gasteiger partial charge in [-0.1, -0.05) is 30.9 Å². The third-order valence-corrected chi connectivity index (χ3v) is 3.08. The Hall–Kier alpha value is -1.82. The van der Waals surface area contributed by atoms with Crippen LogP contribution in [0.5, 0.6) is 0 Å². The number of primary amides is 1. The number of carbonyl (C=O) groups excluding carboxylic acids is 1. The summed E-state index contributed by atoms with van der Waals surface area (Å²) >= 11 is 0. The van der Waals surface area contributed by atoms with Crippen LogP contribution in [0.4, 0.5) is 4.79 Å². The molecular weight excluding hydrogens is 216 g/mol. The third kappa shape index (κ3) is 2.57. The van der Waals surface area contributed by atoms with E-state index in [2.05, 4.69) is 6.58 Å². The van der Waals surface area contributed by atoms with Gasteiger partial charge in [0, 0.05) is 0 Å². The number of carbonyl (C=O) groups is 1. The molecule has 0 atom stereocenters. The first-order chi connectivity index (χ1) is 6.97. The van der Waals surface area contributed by atoms with E-state index in [1.807, 2.05) is 0 Å². The Morgan fingerprint density at radius 3 is 2.53 bits per heavy atom. The lowest BCUT2D eigenvalue weighted by atomic mass is 10.2. The molecule has 0 aromatic heterocycles. The van der Waals surface area contributed by atoms with Crippen molar-refractivity contribution in [2.45, 2.75) is 4.90 Å². The zero-order valence-corrected chi connectivity index (χ0v) is 8.62. The fourth-order valence-electron chi connectivity index (χ4n) is 1.08. The normalized spacial score (nSPS) is 10.7. The van der Waals surface area contributed by atoms with Gasteiger partial charge in [-0.25, -0.2) is 17.9 Å². The molecular formula is C9H10N2O3S. The molecule has 80 valence electrons. The van der Waals surface area contributed by atoms with Crippen molar-refractivity contribution in [2.24, 2.45) is 5.73 Å². The largest absolute Gasteiger partial charge is 0.351 e. The van der Waals surface area contributed by atoms with E-state index in [9.17, 15) is 13.2 Å². The molecule has 0 aliphatic carbocycles. The number of nitrogens with two attached hydrogens (primary N) is 1. The number of amides is 2. The van der Waals surface area contributed by atoms with E-state index in [0.717, 1.165) is 0 Å². The summed E-state index contributed by atoms with van der Waals surface area (Å²) in [5, 5.41) is 0. The highest BCUT2D eigenvalue weighted by Crippen LogP contribution is 2.15. The minimum absolute atomic E-state index is 0.0289. The number of sulfonamides is 1.